The summed E-state index contributed by atoms with van der Waals surface area (Å²) >= 11 is 0. The first kappa shape index (κ1) is 7.90. The fraction of sp³-hybridized carbons (Fsp3) is 0.889. The number of rotatable bonds is 0. The zero-order valence-electron chi connectivity index (χ0n) is 7.93. The van der Waals surface area contributed by atoms with Gasteiger partial charge in [-0.3, -0.25) is 0 Å². The summed E-state index contributed by atoms with van der Waals surface area (Å²) in [6, 6.07) is 0. The summed E-state index contributed by atoms with van der Waals surface area (Å²) in [5, 5.41) is 0. The highest BCUT2D eigenvalue weighted by molar-refractivity contribution is 5.64. The lowest BCUT2D eigenvalue weighted by Crippen LogP contribution is -2.75. The Bertz CT molecular complexity index is 236. The molecule has 3 aliphatic rings. The maximum Gasteiger partial charge on any atom is 0.509 e. The lowest BCUT2D eigenvalue weighted by Gasteiger charge is -2.66. The molecule has 12 heavy (non-hydrogen) atoms. The molecule has 0 N–H and O–H groups in total. The van der Waals surface area contributed by atoms with E-state index >= 15 is 0 Å². The molecule has 0 aromatic rings. The van der Waals surface area contributed by atoms with Gasteiger partial charge in [-0.2, -0.15) is 0 Å². The van der Waals surface area contributed by atoms with E-state index in [-0.39, 0.29) is 16.6 Å². The van der Waals surface area contributed by atoms with E-state index in [1.54, 1.807) is 0 Å². The first-order valence-corrected chi connectivity index (χ1v) is 4.23. The highest BCUT2D eigenvalue weighted by Crippen LogP contribution is 2.63. The molecule has 2 bridgehead atoms. The van der Waals surface area contributed by atoms with E-state index in [9.17, 15) is 4.79 Å². The zero-order valence-corrected chi connectivity index (χ0v) is 7.93. The number of hydrogen-bond acceptors (Lipinski definition) is 3. The number of hydrogen-bond donors (Lipinski definition) is 0. The van der Waals surface area contributed by atoms with Gasteiger partial charge in [0.05, 0.1) is 0 Å². The van der Waals surface area contributed by atoms with Crippen molar-refractivity contribution in [2.24, 2.45) is 5.41 Å². The monoisotopic (exact) mass is 170 g/mol. The van der Waals surface area contributed by atoms with E-state index in [1.807, 2.05) is 13.8 Å². The summed E-state index contributed by atoms with van der Waals surface area (Å²) in [5.74, 6) is 0. The number of fused-ring (bicyclic) bond motifs is 2. The van der Waals surface area contributed by atoms with Crippen LogP contribution in [-0.4, -0.2) is 17.4 Å². The summed E-state index contributed by atoms with van der Waals surface area (Å²) in [6.07, 6.45) is 0.282. The van der Waals surface area contributed by atoms with Crippen molar-refractivity contribution in [3.05, 3.63) is 0 Å². The molecule has 2 heterocycles. The molecule has 1 aliphatic carbocycles. The van der Waals surface area contributed by atoms with Crippen molar-refractivity contribution >= 4 is 6.16 Å². The third-order valence-electron chi connectivity index (χ3n) is 3.94. The molecule has 3 rings (SSSR count). The van der Waals surface area contributed by atoms with E-state index in [1.165, 1.54) is 0 Å². The van der Waals surface area contributed by atoms with Crippen LogP contribution in [0.1, 0.15) is 34.1 Å². The Hall–Kier alpha value is -0.730. The van der Waals surface area contributed by atoms with Crippen molar-refractivity contribution in [2.75, 3.05) is 0 Å². The van der Waals surface area contributed by atoms with Crippen LogP contribution in [0.25, 0.3) is 0 Å². The molecule has 3 nitrogen and oxygen atoms in total. The van der Waals surface area contributed by atoms with Crippen LogP contribution in [0.3, 0.4) is 0 Å². The van der Waals surface area contributed by atoms with Gasteiger partial charge >= 0.3 is 6.16 Å². The summed E-state index contributed by atoms with van der Waals surface area (Å²) < 4.78 is 10.3. The highest BCUT2D eigenvalue weighted by atomic mass is 16.8. The van der Waals surface area contributed by atoms with Gasteiger partial charge in [-0.1, -0.05) is 13.8 Å². The van der Waals surface area contributed by atoms with Crippen LogP contribution >= 0.6 is 0 Å². The predicted octanol–water partition coefficient (Wildman–Crippen LogP) is 2.10. The second-order valence-electron chi connectivity index (χ2n) is 4.72. The Labute approximate surface area is 72.0 Å². The van der Waals surface area contributed by atoms with Gasteiger partial charge in [-0.25, -0.2) is 4.79 Å². The fourth-order valence-corrected chi connectivity index (χ4v) is 2.25. The third kappa shape index (κ3) is 0.573. The van der Waals surface area contributed by atoms with Gasteiger partial charge in [-0.15, -0.1) is 0 Å². The van der Waals surface area contributed by atoms with Crippen molar-refractivity contribution in [2.45, 2.75) is 45.3 Å². The van der Waals surface area contributed by atoms with Gasteiger partial charge < -0.3 is 9.47 Å². The zero-order chi connectivity index (χ0) is 9.20. The van der Waals surface area contributed by atoms with Gasteiger partial charge in [0.25, 0.3) is 0 Å². The van der Waals surface area contributed by atoms with Crippen molar-refractivity contribution in [3.63, 3.8) is 0 Å². The molecular weight excluding hydrogens is 156 g/mol. The number of carbonyl (C=O) groups is 1. The average molecular weight is 170 g/mol. The fourth-order valence-electron chi connectivity index (χ4n) is 2.25. The first-order valence-electron chi connectivity index (χ1n) is 4.23. The SMILES string of the molecule is CC12CC(C)(OC(=O)O1)C2(C)C. The van der Waals surface area contributed by atoms with Gasteiger partial charge in [-0.05, 0) is 13.8 Å². The van der Waals surface area contributed by atoms with Crippen molar-refractivity contribution < 1.29 is 14.3 Å². The van der Waals surface area contributed by atoms with Crippen LogP contribution in [-0.2, 0) is 9.47 Å². The molecule has 0 aromatic carbocycles. The summed E-state index contributed by atoms with van der Waals surface area (Å²) in [6.45, 7) is 8.08. The molecule has 0 spiro atoms. The van der Waals surface area contributed by atoms with E-state index in [2.05, 4.69) is 13.8 Å². The molecule has 2 saturated heterocycles. The van der Waals surface area contributed by atoms with Crippen LogP contribution in [0.5, 0.6) is 0 Å². The molecule has 3 heteroatoms. The molecule has 0 aromatic heterocycles. The first-order chi connectivity index (χ1) is 5.31. The minimum Gasteiger partial charge on any atom is -0.427 e. The molecule has 3 fully saturated rings. The van der Waals surface area contributed by atoms with Gasteiger partial charge in [0.1, 0.15) is 11.2 Å². The maximum atomic E-state index is 11.0. The Morgan fingerprint density at radius 3 is 1.83 bits per heavy atom. The smallest absolute Gasteiger partial charge is 0.427 e. The minimum atomic E-state index is -0.523. The largest absolute Gasteiger partial charge is 0.509 e. The van der Waals surface area contributed by atoms with Crippen LogP contribution in [0.4, 0.5) is 4.79 Å². The normalized spacial score (nSPS) is 48.8. The van der Waals surface area contributed by atoms with Gasteiger partial charge in [0.15, 0.2) is 0 Å². The lowest BCUT2D eigenvalue weighted by atomic mass is 9.49. The lowest BCUT2D eigenvalue weighted by molar-refractivity contribution is -0.324. The summed E-state index contributed by atoms with van der Waals surface area (Å²) in [4.78, 5) is 11.0. The molecule has 2 atom stereocenters. The van der Waals surface area contributed by atoms with Crippen molar-refractivity contribution in [1.82, 2.24) is 0 Å². The average Bonchev–Trinajstić information content (AvgIpc) is 1.82. The third-order valence-corrected chi connectivity index (χ3v) is 3.94. The Morgan fingerprint density at radius 1 is 1.08 bits per heavy atom. The molecule has 2 unspecified atom stereocenters. The second-order valence-corrected chi connectivity index (χ2v) is 4.72. The Morgan fingerprint density at radius 2 is 1.50 bits per heavy atom. The van der Waals surface area contributed by atoms with Crippen molar-refractivity contribution in [3.8, 4) is 0 Å². The van der Waals surface area contributed by atoms with Gasteiger partial charge in [0, 0.05) is 11.8 Å². The van der Waals surface area contributed by atoms with E-state index in [0.717, 1.165) is 6.42 Å². The molecular formula is C9H14O3. The summed E-state index contributed by atoms with van der Waals surface area (Å²) in [5.41, 5.74) is -0.720. The number of carbonyl (C=O) groups excluding carboxylic acids is 1. The number of ether oxygens (including phenoxy) is 2. The predicted molar refractivity (Wildman–Crippen MR) is 42.8 cm³/mol. The van der Waals surface area contributed by atoms with E-state index in [0.29, 0.717) is 0 Å². The highest BCUT2D eigenvalue weighted by Gasteiger charge is 2.73. The maximum absolute atomic E-state index is 11.0. The summed E-state index contributed by atoms with van der Waals surface area (Å²) in [7, 11) is 0. The van der Waals surface area contributed by atoms with Crippen molar-refractivity contribution in [1.29, 1.82) is 0 Å². The molecule has 68 valence electrons. The topological polar surface area (TPSA) is 35.5 Å². The van der Waals surface area contributed by atoms with Crippen LogP contribution in [0, 0.1) is 5.41 Å². The standard InChI is InChI=1S/C9H14O3/c1-7(2)8(3)5-9(7,4)12-6(10)11-8/h5H2,1-4H3. The van der Waals surface area contributed by atoms with Crippen LogP contribution in [0.2, 0.25) is 0 Å². The van der Waals surface area contributed by atoms with Crippen LogP contribution < -0.4 is 0 Å². The Balaban J connectivity index is 2.38. The Kier molecular flexibility index (Phi) is 1.07. The van der Waals surface area contributed by atoms with Crippen LogP contribution in [0.15, 0.2) is 0 Å². The molecule has 2 aliphatic heterocycles. The minimum absolute atomic E-state index is 0.0755. The van der Waals surface area contributed by atoms with E-state index < -0.39 is 6.16 Å². The van der Waals surface area contributed by atoms with E-state index in [4.69, 9.17) is 9.47 Å². The quantitative estimate of drug-likeness (QED) is 0.522. The van der Waals surface area contributed by atoms with Gasteiger partial charge in [0.2, 0.25) is 0 Å². The molecule has 0 radical (unpaired) electrons. The second kappa shape index (κ2) is 1.63. The molecule has 0 amide bonds. The molecule has 1 saturated carbocycles.